The first-order valence-corrected chi connectivity index (χ1v) is 12.7. The van der Waals surface area contributed by atoms with Crippen LogP contribution in [-0.2, 0) is 10.0 Å². The van der Waals surface area contributed by atoms with Crippen molar-refractivity contribution in [2.24, 2.45) is 0 Å². The van der Waals surface area contributed by atoms with Gasteiger partial charge in [0.1, 0.15) is 0 Å². The second kappa shape index (κ2) is 9.76. The molecule has 8 nitrogen and oxygen atoms in total. The molecule has 1 N–H and O–H groups in total. The molecule has 0 atom stereocenters. The minimum Gasteiger partial charge on any atom is -0.371 e. The van der Waals surface area contributed by atoms with Gasteiger partial charge in [-0.25, -0.2) is 13.1 Å². The highest BCUT2D eigenvalue weighted by molar-refractivity contribution is 7.89. The van der Waals surface area contributed by atoms with E-state index in [4.69, 9.17) is 0 Å². The second-order valence-corrected chi connectivity index (χ2v) is 9.86. The lowest BCUT2D eigenvalue weighted by atomic mass is 10.1. The first-order valence-electron chi connectivity index (χ1n) is 11.2. The van der Waals surface area contributed by atoms with Crippen LogP contribution in [0.1, 0.15) is 37.0 Å². The Morgan fingerprint density at radius 3 is 2.48 bits per heavy atom. The molecule has 0 aliphatic carbocycles. The molecule has 0 bridgehead atoms. The fourth-order valence-corrected chi connectivity index (χ4v) is 5.63. The number of rotatable bonds is 8. The average Bonchev–Trinajstić information content (AvgIpc) is 3.54. The van der Waals surface area contributed by atoms with Crippen LogP contribution in [-0.4, -0.2) is 54.6 Å². The lowest BCUT2D eigenvalue weighted by molar-refractivity contribution is 0.102. The fraction of sp³-hybridized carbons (Fsp3) is 0.333. The summed E-state index contributed by atoms with van der Waals surface area (Å²) < 4.78 is 29.3. The van der Waals surface area contributed by atoms with Crippen molar-refractivity contribution in [3.05, 3.63) is 66.5 Å². The van der Waals surface area contributed by atoms with E-state index in [0.717, 1.165) is 37.3 Å². The van der Waals surface area contributed by atoms with Crippen LogP contribution in [0.5, 0.6) is 0 Å². The predicted octanol–water partition coefficient (Wildman–Crippen LogP) is 3.76. The van der Waals surface area contributed by atoms with Gasteiger partial charge in [0.2, 0.25) is 10.0 Å². The van der Waals surface area contributed by atoms with E-state index in [0.29, 0.717) is 24.3 Å². The normalized spacial score (nSPS) is 14.1. The molecule has 1 aromatic heterocycles. The standard InChI is InChI=1S/C24H29N5O3S/c1-3-28(4-2)33(31,32)21-11-12-23(27-14-5-6-15-27)22(18-21)24(30)26-19-9-7-10-20(17-19)29-16-8-13-25-29/h7-13,16-18H,3-6,14-15H2,1-2H3,(H,26,30). The van der Waals surface area contributed by atoms with Crippen molar-refractivity contribution in [2.45, 2.75) is 31.6 Å². The van der Waals surface area contributed by atoms with E-state index in [1.807, 2.05) is 30.5 Å². The van der Waals surface area contributed by atoms with Crippen LogP contribution in [0, 0.1) is 0 Å². The molecule has 4 rings (SSSR count). The Balaban J connectivity index is 1.70. The number of carbonyl (C=O) groups excluding carboxylic acids is 1. The molecule has 1 aliphatic heterocycles. The molecule has 0 radical (unpaired) electrons. The summed E-state index contributed by atoms with van der Waals surface area (Å²) in [7, 11) is -3.68. The van der Waals surface area contributed by atoms with E-state index in [1.165, 1.54) is 10.4 Å². The van der Waals surface area contributed by atoms with Crippen molar-refractivity contribution < 1.29 is 13.2 Å². The topological polar surface area (TPSA) is 87.5 Å². The third-order valence-electron chi connectivity index (χ3n) is 5.88. The zero-order chi connectivity index (χ0) is 23.4. The molecule has 0 unspecified atom stereocenters. The molecular weight excluding hydrogens is 438 g/mol. The molecule has 0 spiro atoms. The van der Waals surface area contributed by atoms with E-state index in [-0.39, 0.29) is 10.8 Å². The Hall–Kier alpha value is -3.17. The van der Waals surface area contributed by atoms with Gasteiger partial charge in [-0.15, -0.1) is 0 Å². The number of carbonyl (C=O) groups is 1. The van der Waals surface area contributed by atoms with E-state index in [1.54, 1.807) is 42.9 Å². The van der Waals surface area contributed by atoms with Gasteiger partial charge in [0.25, 0.3) is 5.91 Å². The van der Waals surface area contributed by atoms with Crippen molar-refractivity contribution in [2.75, 3.05) is 36.4 Å². The monoisotopic (exact) mass is 467 g/mol. The highest BCUT2D eigenvalue weighted by Crippen LogP contribution is 2.29. The van der Waals surface area contributed by atoms with Crippen LogP contribution in [0.3, 0.4) is 0 Å². The zero-order valence-corrected chi connectivity index (χ0v) is 19.8. The fourth-order valence-electron chi connectivity index (χ4n) is 4.15. The lowest BCUT2D eigenvalue weighted by Gasteiger charge is -2.23. The quantitative estimate of drug-likeness (QED) is 0.545. The highest BCUT2D eigenvalue weighted by atomic mass is 32.2. The van der Waals surface area contributed by atoms with Crippen LogP contribution in [0.15, 0.2) is 65.8 Å². The van der Waals surface area contributed by atoms with Gasteiger partial charge in [0, 0.05) is 49.9 Å². The number of hydrogen-bond acceptors (Lipinski definition) is 5. The number of sulfonamides is 1. The largest absolute Gasteiger partial charge is 0.371 e. The van der Waals surface area contributed by atoms with E-state index < -0.39 is 10.0 Å². The zero-order valence-electron chi connectivity index (χ0n) is 18.9. The van der Waals surface area contributed by atoms with Crippen molar-refractivity contribution in [1.29, 1.82) is 0 Å². The minimum absolute atomic E-state index is 0.129. The van der Waals surface area contributed by atoms with Gasteiger partial charge >= 0.3 is 0 Å². The number of aromatic nitrogens is 2. The summed E-state index contributed by atoms with van der Waals surface area (Å²) >= 11 is 0. The maximum atomic E-state index is 13.4. The molecule has 1 amide bonds. The van der Waals surface area contributed by atoms with Gasteiger partial charge in [-0.3, -0.25) is 4.79 Å². The average molecular weight is 468 g/mol. The van der Waals surface area contributed by atoms with E-state index in [2.05, 4.69) is 15.3 Å². The van der Waals surface area contributed by atoms with Gasteiger partial charge in [0.15, 0.2) is 0 Å². The summed E-state index contributed by atoms with van der Waals surface area (Å²) in [5, 5.41) is 7.17. The maximum absolute atomic E-state index is 13.4. The van der Waals surface area contributed by atoms with Gasteiger partial charge in [-0.1, -0.05) is 19.9 Å². The molecule has 3 aromatic rings. The van der Waals surface area contributed by atoms with E-state index >= 15 is 0 Å². The summed E-state index contributed by atoms with van der Waals surface area (Å²) in [6, 6.07) is 14.1. The number of anilines is 2. The summed E-state index contributed by atoms with van der Waals surface area (Å²) in [4.78, 5) is 15.7. The van der Waals surface area contributed by atoms with Crippen molar-refractivity contribution >= 4 is 27.3 Å². The van der Waals surface area contributed by atoms with Gasteiger partial charge in [-0.05, 0) is 55.3 Å². The second-order valence-electron chi connectivity index (χ2n) is 7.92. The third kappa shape index (κ3) is 4.79. The highest BCUT2D eigenvalue weighted by Gasteiger charge is 2.26. The first kappa shape index (κ1) is 23.0. The molecule has 174 valence electrons. The van der Waals surface area contributed by atoms with Crippen LogP contribution < -0.4 is 10.2 Å². The number of amides is 1. The van der Waals surface area contributed by atoms with Crippen molar-refractivity contribution in [3.8, 4) is 5.69 Å². The van der Waals surface area contributed by atoms with Crippen LogP contribution in [0.2, 0.25) is 0 Å². The molecule has 0 saturated carbocycles. The van der Waals surface area contributed by atoms with Crippen LogP contribution in [0.25, 0.3) is 5.69 Å². The summed E-state index contributed by atoms with van der Waals surface area (Å²) in [6.45, 7) is 6.04. The molecule has 2 heterocycles. The SMILES string of the molecule is CCN(CC)S(=O)(=O)c1ccc(N2CCCC2)c(C(=O)Nc2cccc(-n3cccn3)c2)c1. The first-order chi connectivity index (χ1) is 15.9. The van der Waals surface area contributed by atoms with Gasteiger partial charge < -0.3 is 10.2 Å². The number of hydrogen-bond donors (Lipinski definition) is 1. The van der Waals surface area contributed by atoms with Crippen molar-refractivity contribution in [1.82, 2.24) is 14.1 Å². The van der Waals surface area contributed by atoms with Gasteiger partial charge in [-0.2, -0.15) is 9.40 Å². The number of nitrogens with one attached hydrogen (secondary N) is 1. The summed E-state index contributed by atoms with van der Waals surface area (Å²) in [6.07, 6.45) is 5.61. The van der Waals surface area contributed by atoms with E-state index in [9.17, 15) is 13.2 Å². The molecular formula is C24H29N5O3S. The molecule has 1 saturated heterocycles. The summed E-state index contributed by atoms with van der Waals surface area (Å²) in [5.41, 5.74) is 2.54. The summed E-state index contributed by atoms with van der Waals surface area (Å²) in [5.74, 6) is -0.342. The predicted molar refractivity (Wildman–Crippen MR) is 130 cm³/mol. The molecule has 1 fully saturated rings. The maximum Gasteiger partial charge on any atom is 0.257 e. The van der Waals surface area contributed by atoms with Crippen molar-refractivity contribution in [3.63, 3.8) is 0 Å². The minimum atomic E-state index is -3.68. The Kier molecular flexibility index (Phi) is 6.80. The molecule has 33 heavy (non-hydrogen) atoms. The lowest BCUT2D eigenvalue weighted by Crippen LogP contribution is -2.31. The number of benzene rings is 2. The Morgan fingerprint density at radius 1 is 1.06 bits per heavy atom. The number of nitrogens with zero attached hydrogens (tertiary/aromatic N) is 4. The molecule has 9 heteroatoms. The molecule has 1 aliphatic rings. The smallest absolute Gasteiger partial charge is 0.257 e. The van der Waals surface area contributed by atoms with Crippen LogP contribution in [0.4, 0.5) is 11.4 Å². The van der Waals surface area contributed by atoms with Crippen LogP contribution >= 0.6 is 0 Å². The van der Waals surface area contributed by atoms with Gasteiger partial charge in [0.05, 0.1) is 16.1 Å². The third-order valence-corrected chi connectivity index (χ3v) is 7.92. The Labute approximate surface area is 194 Å². The molecule has 2 aromatic carbocycles. The Morgan fingerprint density at radius 2 is 1.82 bits per heavy atom. The Bertz CT molecular complexity index is 1210.